The number of carbonyl (C=O) groups excluding carboxylic acids is 1. The van der Waals surface area contributed by atoms with Crippen molar-refractivity contribution >= 4 is 12.0 Å². The van der Waals surface area contributed by atoms with Crippen LogP contribution in [0.4, 0.5) is 0 Å². The molecule has 4 heteroatoms. The van der Waals surface area contributed by atoms with E-state index in [0.29, 0.717) is 24.6 Å². The summed E-state index contributed by atoms with van der Waals surface area (Å²) in [5.74, 6) is 1.33. The summed E-state index contributed by atoms with van der Waals surface area (Å²) in [5, 5.41) is 0. The molecule has 0 saturated heterocycles. The number of carbonyl (C=O) groups is 1. The van der Waals surface area contributed by atoms with Crippen molar-refractivity contribution in [3.05, 3.63) is 65.2 Å². The molecule has 0 unspecified atom stereocenters. The van der Waals surface area contributed by atoms with Gasteiger partial charge in [0.2, 0.25) is 5.91 Å². The molecule has 132 valence electrons. The molecule has 0 spiro atoms. The number of amides is 1. The molecule has 2 rings (SSSR count). The Hall–Kier alpha value is -2.75. The molecule has 0 aliphatic carbocycles. The summed E-state index contributed by atoms with van der Waals surface area (Å²) in [6, 6.07) is 13.8. The van der Waals surface area contributed by atoms with Gasteiger partial charge in [-0.15, -0.1) is 0 Å². The van der Waals surface area contributed by atoms with E-state index in [-0.39, 0.29) is 5.91 Å². The molecule has 2 aromatic carbocycles. The van der Waals surface area contributed by atoms with E-state index < -0.39 is 0 Å². The van der Waals surface area contributed by atoms with Gasteiger partial charge in [0.05, 0.1) is 14.2 Å². The van der Waals surface area contributed by atoms with Gasteiger partial charge in [-0.05, 0) is 43.2 Å². The number of benzene rings is 2. The molecule has 1 amide bonds. The van der Waals surface area contributed by atoms with Crippen LogP contribution in [-0.2, 0) is 11.3 Å². The number of nitrogens with zero attached hydrogens (tertiary/aromatic N) is 1. The minimum atomic E-state index is -0.0159. The number of hydrogen-bond donors (Lipinski definition) is 0. The summed E-state index contributed by atoms with van der Waals surface area (Å²) in [7, 11) is 3.21. The maximum absolute atomic E-state index is 12.5. The third-order valence-electron chi connectivity index (χ3n) is 4.01. The lowest BCUT2D eigenvalue weighted by Crippen LogP contribution is -2.28. The van der Waals surface area contributed by atoms with Crippen molar-refractivity contribution in [2.75, 3.05) is 20.8 Å². The van der Waals surface area contributed by atoms with Gasteiger partial charge >= 0.3 is 0 Å². The number of ether oxygens (including phenoxy) is 2. The molecule has 0 radical (unpaired) electrons. The van der Waals surface area contributed by atoms with Gasteiger partial charge in [-0.1, -0.05) is 35.9 Å². The molecule has 0 heterocycles. The number of rotatable bonds is 7. The van der Waals surface area contributed by atoms with Gasteiger partial charge in [0.15, 0.2) is 11.5 Å². The Morgan fingerprint density at radius 2 is 1.72 bits per heavy atom. The van der Waals surface area contributed by atoms with Crippen LogP contribution in [0.25, 0.3) is 6.08 Å². The molecule has 0 N–H and O–H groups in total. The van der Waals surface area contributed by atoms with E-state index in [1.54, 1.807) is 25.2 Å². The smallest absolute Gasteiger partial charge is 0.246 e. The third-order valence-corrected chi connectivity index (χ3v) is 4.01. The normalized spacial score (nSPS) is 10.7. The Kier molecular flexibility index (Phi) is 6.63. The van der Waals surface area contributed by atoms with E-state index in [0.717, 1.165) is 11.1 Å². The van der Waals surface area contributed by atoms with Crippen LogP contribution in [0, 0.1) is 6.92 Å². The Balaban J connectivity index is 2.08. The number of likely N-dealkylation sites (N-methyl/N-ethyl adjacent to an activating group) is 1. The zero-order valence-corrected chi connectivity index (χ0v) is 15.3. The third kappa shape index (κ3) is 5.11. The van der Waals surface area contributed by atoms with Gasteiger partial charge in [-0.25, -0.2) is 0 Å². The highest BCUT2D eigenvalue weighted by Crippen LogP contribution is 2.28. The molecule has 0 bridgehead atoms. The van der Waals surface area contributed by atoms with Crippen LogP contribution >= 0.6 is 0 Å². The first-order valence-electron chi connectivity index (χ1n) is 8.32. The van der Waals surface area contributed by atoms with Crippen LogP contribution in [0.15, 0.2) is 48.5 Å². The van der Waals surface area contributed by atoms with Crippen LogP contribution in [0.3, 0.4) is 0 Å². The zero-order chi connectivity index (χ0) is 18.2. The van der Waals surface area contributed by atoms with E-state index in [1.807, 2.05) is 62.4 Å². The quantitative estimate of drug-likeness (QED) is 0.714. The summed E-state index contributed by atoms with van der Waals surface area (Å²) in [6.45, 7) is 5.16. The molecule has 0 aromatic heterocycles. The first-order valence-corrected chi connectivity index (χ1v) is 8.32. The minimum absolute atomic E-state index is 0.0159. The number of hydrogen-bond acceptors (Lipinski definition) is 3. The first-order chi connectivity index (χ1) is 12.1. The summed E-state index contributed by atoms with van der Waals surface area (Å²) in [6.07, 6.45) is 3.47. The van der Waals surface area contributed by atoms with Crippen molar-refractivity contribution in [1.82, 2.24) is 4.90 Å². The maximum Gasteiger partial charge on any atom is 0.246 e. The molecule has 0 atom stereocenters. The van der Waals surface area contributed by atoms with E-state index in [2.05, 4.69) is 0 Å². The van der Waals surface area contributed by atoms with Gasteiger partial charge < -0.3 is 14.4 Å². The highest BCUT2D eigenvalue weighted by molar-refractivity contribution is 5.91. The van der Waals surface area contributed by atoms with Gasteiger partial charge in [0, 0.05) is 19.2 Å². The summed E-state index contributed by atoms with van der Waals surface area (Å²) >= 11 is 0. The largest absolute Gasteiger partial charge is 0.493 e. The van der Waals surface area contributed by atoms with Crippen molar-refractivity contribution in [3.63, 3.8) is 0 Å². The standard InChI is InChI=1S/C21H25NO3/c1-5-22(15-18-10-12-19(24-3)20(14-18)25-4)21(23)13-11-17-8-6-16(2)7-9-17/h6-14H,5,15H2,1-4H3/b13-11+. The van der Waals surface area contributed by atoms with Crippen LogP contribution < -0.4 is 9.47 Å². The SMILES string of the molecule is CCN(Cc1ccc(OC)c(OC)c1)C(=O)/C=C/c1ccc(C)cc1. The van der Waals surface area contributed by atoms with Crippen LogP contribution in [0.5, 0.6) is 11.5 Å². The molecule has 0 fully saturated rings. The Morgan fingerprint density at radius 1 is 1.04 bits per heavy atom. The average molecular weight is 339 g/mol. The highest BCUT2D eigenvalue weighted by atomic mass is 16.5. The van der Waals surface area contributed by atoms with Crippen molar-refractivity contribution in [2.24, 2.45) is 0 Å². The zero-order valence-electron chi connectivity index (χ0n) is 15.3. The van der Waals surface area contributed by atoms with E-state index >= 15 is 0 Å². The molecule has 4 nitrogen and oxygen atoms in total. The fourth-order valence-corrected chi connectivity index (χ4v) is 2.50. The van der Waals surface area contributed by atoms with Crippen molar-refractivity contribution < 1.29 is 14.3 Å². The number of methoxy groups -OCH3 is 2. The summed E-state index contributed by atoms with van der Waals surface area (Å²) < 4.78 is 10.6. The molecule has 0 saturated carbocycles. The van der Waals surface area contributed by atoms with Crippen molar-refractivity contribution in [1.29, 1.82) is 0 Å². The van der Waals surface area contributed by atoms with Crippen molar-refractivity contribution in [2.45, 2.75) is 20.4 Å². The molecule has 2 aromatic rings. The topological polar surface area (TPSA) is 38.8 Å². The van der Waals surface area contributed by atoms with Gasteiger partial charge in [0.1, 0.15) is 0 Å². The fraction of sp³-hybridized carbons (Fsp3) is 0.286. The Bertz CT molecular complexity index is 735. The average Bonchev–Trinajstić information content (AvgIpc) is 2.65. The molecule has 0 aliphatic rings. The van der Waals surface area contributed by atoms with E-state index in [9.17, 15) is 4.79 Å². The van der Waals surface area contributed by atoms with Gasteiger partial charge in [-0.2, -0.15) is 0 Å². The molecule has 0 aliphatic heterocycles. The number of aryl methyl sites for hydroxylation is 1. The summed E-state index contributed by atoms with van der Waals surface area (Å²) in [4.78, 5) is 14.3. The Morgan fingerprint density at radius 3 is 2.32 bits per heavy atom. The molecular weight excluding hydrogens is 314 g/mol. The van der Waals surface area contributed by atoms with Crippen LogP contribution in [0.1, 0.15) is 23.6 Å². The van der Waals surface area contributed by atoms with E-state index in [4.69, 9.17) is 9.47 Å². The monoisotopic (exact) mass is 339 g/mol. The lowest BCUT2D eigenvalue weighted by atomic mass is 10.1. The van der Waals surface area contributed by atoms with Gasteiger partial charge in [0.25, 0.3) is 0 Å². The molecular formula is C21H25NO3. The minimum Gasteiger partial charge on any atom is -0.493 e. The lowest BCUT2D eigenvalue weighted by molar-refractivity contribution is -0.126. The predicted molar refractivity (Wildman–Crippen MR) is 101 cm³/mol. The van der Waals surface area contributed by atoms with E-state index in [1.165, 1.54) is 5.56 Å². The second-order valence-corrected chi connectivity index (χ2v) is 5.79. The second-order valence-electron chi connectivity index (χ2n) is 5.79. The van der Waals surface area contributed by atoms with Gasteiger partial charge in [-0.3, -0.25) is 4.79 Å². The van der Waals surface area contributed by atoms with Crippen molar-refractivity contribution in [3.8, 4) is 11.5 Å². The fourth-order valence-electron chi connectivity index (χ4n) is 2.50. The Labute approximate surface area is 149 Å². The highest BCUT2D eigenvalue weighted by Gasteiger charge is 2.11. The molecule has 25 heavy (non-hydrogen) atoms. The van der Waals surface area contributed by atoms with Crippen LogP contribution in [-0.4, -0.2) is 31.6 Å². The first kappa shape index (κ1) is 18.6. The summed E-state index contributed by atoms with van der Waals surface area (Å²) in [5.41, 5.74) is 3.21. The second kappa shape index (κ2) is 8.92. The maximum atomic E-state index is 12.5. The predicted octanol–water partition coefficient (Wildman–Crippen LogP) is 4.07. The lowest BCUT2D eigenvalue weighted by Gasteiger charge is -2.20. The van der Waals surface area contributed by atoms with Crippen LogP contribution in [0.2, 0.25) is 0 Å².